The van der Waals surface area contributed by atoms with Gasteiger partial charge < -0.3 is 15.6 Å². The molecule has 2 rings (SSSR count). The maximum atomic E-state index is 7.79. The van der Waals surface area contributed by atoms with Gasteiger partial charge >= 0.3 is 0 Å². The summed E-state index contributed by atoms with van der Waals surface area (Å²) in [5.74, 6) is 2.29. The molecule has 0 saturated carbocycles. The summed E-state index contributed by atoms with van der Waals surface area (Å²) in [6, 6.07) is 0. The predicted octanol–water partition coefficient (Wildman–Crippen LogP) is 2.15. The summed E-state index contributed by atoms with van der Waals surface area (Å²) in [7, 11) is 0. The lowest BCUT2D eigenvalue weighted by molar-refractivity contribution is 0.744. The third kappa shape index (κ3) is 6.07. The standard InChI is InChI=1S/C14H22N6S2/c1-11-12(20-10-19-11)9-21-7-5-18-14(15)17-4-2-3-13-16-6-8-22-13/h6,8,10H,2-5,7,9H2,1H3,(H,19,20)(H3,15,17,18). The van der Waals surface area contributed by atoms with E-state index < -0.39 is 0 Å². The molecule has 2 aromatic heterocycles. The molecule has 0 atom stereocenters. The van der Waals surface area contributed by atoms with Crippen molar-refractivity contribution in [1.82, 2.24) is 25.6 Å². The van der Waals surface area contributed by atoms with Crippen LogP contribution in [0.2, 0.25) is 0 Å². The smallest absolute Gasteiger partial charge is 0.188 e. The molecule has 120 valence electrons. The Morgan fingerprint density at radius 3 is 2.95 bits per heavy atom. The van der Waals surface area contributed by atoms with Gasteiger partial charge in [-0.2, -0.15) is 11.8 Å². The Bertz CT molecular complexity index is 551. The van der Waals surface area contributed by atoms with Crippen molar-refractivity contribution in [1.29, 1.82) is 5.41 Å². The molecule has 0 bridgehead atoms. The number of hydrogen-bond acceptors (Lipinski definition) is 5. The van der Waals surface area contributed by atoms with Gasteiger partial charge in [-0.25, -0.2) is 9.97 Å². The van der Waals surface area contributed by atoms with Gasteiger partial charge in [0.1, 0.15) is 0 Å². The van der Waals surface area contributed by atoms with E-state index >= 15 is 0 Å². The van der Waals surface area contributed by atoms with Crippen LogP contribution in [-0.4, -0.2) is 39.8 Å². The molecular weight excluding hydrogens is 316 g/mol. The van der Waals surface area contributed by atoms with Crippen molar-refractivity contribution in [3.05, 3.63) is 34.3 Å². The summed E-state index contributed by atoms with van der Waals surface area (Å²) in [5.41, 5.74) is 2.25. The number of thioether (sulfide) groups is 1. The fourth-order valence-corrected chi connectivity index (χ4v) is 3.40. The number of aromatic nitrogens is 3. The molecule has 0 unspecified atom stereocenters. The van der Waals surface area contributed by atoms with Gasteiger partial charge in [-0.05, 0) is 13.3 Å². The second-order valence-corrected chi connectivity index (χ2v) is 6.86. The number of imidazole rings is 1. The maximum absolute atomic E-state index is 7.79. The van der Waals surface area contributed by atoms with Crippen LogP contribution in [0.3, 0.4) is 0 Å². The summed E-state index contributed by atoms with van der Waals surface area (Å²) < 4.78 is 0. The number of H-pyrrole nitrogens is 1. The summed E-state index contributed by atoms with van der Waals surface area (Å²) in [5, 5.41) is 17.1. The molecule has 2 aromatic rings. The molecule has 0 saturated heterocycles. The van der Waals surface area contributed by atoms with Crippen molar-refractivity contribution in [3.63, 3.8) is 0 Å². The van der Waals surface area contributed by atoms with E-state index in [2.05, 4.69) is 25.6 Å². The zero-order valence-corrected chi connectivity index (χ0v) is 14.3. The lowest BCUT2D eigenvalue weighted by Gasteiger charge is -2.09. The highest BCUT2D eigenvalue weighted by Crippen LogP contribution is 2.11. The molecule has 0 aliphatic carbocycles. The average molecular weight is 339 g/mol. The minimum absolute atomic E-state index is 0.400. The molecule has 0 aliphatic rings. The lowest BCUT2D eigenvalue weighted by atomic mass is 10.3. The third-order valence-corrected chi connectivity index (χ3v) is 4.91. The van der Waals surface area contributed by atoms with Gasteiger partial charge in [0.15, 0.2) is 5.96 Å². The molecule has 0 aromatic carbocycles. The summed E-state index contributed by atoms with van der Waals surface area (Å²) >= 11 is 3.51. The molecule has 0 aliphatic heterocycles. The highest BCUT2D eigenvalue weighted by Gasteiger charge is 2.01. The van der Waals surface area contributed by atoms with E-state index in [0.29, 0.717) is 5.96 Å². The molecule has 2 heterocycles. The number of thiazole rings is 1. The van der Waals surface area contributed by atoms with Crippen LogP contribution in [0.25, 0.3) is 0 Å². The van der Waals surface area contributed by atoms with Crippen molar-refractivity contribution in [2.45, 2.75) is 25.5 Å². The first-order chi connectivity index (χ1) is 10.8. The van der Waals surface area contributed by atoms with Crippen LogP contribution >= 0.6 is 23.1 Å². The molecule has 6 nitrogen and oxygen atoms in total. The van der Waals surface area contributed by atoms with Crippen molar-refractivity contribution in [2.24, 2.45) is 0 Å². The molecular formula is C14H22N6S2. The Kier molecular flexibility index (Phi) is 7.24. The summed E-state index contributed by atoms with van der Waals surface area (Å²) in [6.07, 6.45) is 5.52. The Morgan fingerprint density at radius 1 is 1.36 bits per heavy atom. The average Bonchev–Trinajstić information content (AvgIpc) is 3.15. The number of aromatic amines is 1. The first-order valence-electron chi connectivity index (χ1n) is 7.27. The van der Waals surface area contributed by atoms with Crippen LogP contribution in [0, 0.1) is 12.3 Å². The van der Waals surface area contributed by atoms with Crippen molar-refractivity contribution in [3.8, 4) is 0 Å². The molecule has 0 fully saturated rings. The van der Waals surface area contributed by atoms with E-state index in [9.17, 15) is 0 Å². The number of nitrogens with zero attached hydrogens (tertiary/aromatic N) is 2. The van der Waals surface area contributed by atoms with E-state index in [1.165, 1.54) is 5.69 Å². The topological polar surface area (TPSA) is 89.5 Å². The van der Waals surface area contributed by atoms with Crippen LogP contribution in [0.15, 0.2) is 17.9 Å². The van der Waals surface area contributed by atoms with Gasteiger partial charge in [-0.15, -0.1) is 11.3 Å². The van der Waals surface area contributed by atoms with Crippen molar-refractivity contribution >= 4 is 29.1 Å². The highest BCUT2D eigenvalue weighted by molar-refractivity contribution is 7.98. The second-order valence-electron chi connectivity index (χ2n) is 4.78. The molecule has 8 heteroatoms. The predicted molar refractivity (Wildman–Crippen MR) is 93.7 cm³/mol. The molecule has 0 radical (unpaired) electrons. The van der Waals surface area contributed by atoms with Crippen molar-refractivity contribution < 1.29 is 0 Å². The first-order valence-corrected chi connectivity index (χ1v) is 9.30. The quantitative estimate of drug-likeness (QED) is 0.320. The van der Waals surface area contributed by atoms with E-state index in [0.717, 1.165) is 48.1 Å². The summed E-state index contributed by atoms with van der Waals surface area (Å²) in [6.45, 7) is 3.60. The Balaban J connectivity index is 1.45. The molecule has 0 amide bonds. The van der Waals surface area contributed by atoms with Gasteiger partial charge in [0, 0.05) is 48.3 Å². The van der Waals surface area contributed by atoms with E-state index in [-0.39, 0.29) is 0 Å². The van der Waals surface area contributed by atoms with E-state index in [4.69, 9.17) is 5.41 Å². The van der Waals surface area contributed by atoms with E-state index in [1.807, 2.05) is 30.3 Å². The Labute approximate surface area is 139 Å². The first kappa shape index (κ1) is 16.8. The zero-order valence-electron chi connectivity index (χ0n) is 12.7. The zero-order chi connectivity index (χ0) is 15.6. The summed E-state index contributed by atoms with van der Waals surface area (Å²) in [4.78, 5) is 11.6. The molecule has 0 spiro atoms. The largest absolute Gasteiger partial charge is 0.357 e. The SMILES string of the molecule is Cc1nc[nH]c1CSCCNC(=N)NCCCc1nccs1. The van der Waals surface area contributed by atoms with Crippen LogP contribution < -0.4 is 10.6 Å². The lowest BCUT2D eigenvalue weighted by Crippen LogP contribution is -2.38. The highest BCUT2D eigenvalue weighted by atomic mass is 32.2. The van der Waals surface area contributed by atoms with E-state index in [1.54, 1.807) is 17.7 Å². The number of hydrogen-bond donors (Lipinski definition) is 4. The molecule has 4 N–H and O–H groups in total. The molecule has 22 heavy (non-hydrogen) atoms. The monoisotopic (exact) mass is 338 g/mol. The second kappa shape index (κ2) is 9.47. The third-order valence-electron chi connectivity index (χ3n) is 3.08. The van der Waals surface area contributed by atoms with Gasteiger partial charge in [0.05, 0.1) is 17.0 Å². The fraction of sp³-hybridized carbons (Fsp3) is 0.500. The normalized spacial score (nSPS) is 10.6. The number of nitrogens with one attached hydrogen (secondary N) is 4. The van der Waals surface area contributed by atoms with Crippen LogP contribution in [-0.2, 0) is 12.2 Å². The number of rotatable bonds is 9. The minimum Gasteiger partial charge on any atom is -0.357 e. The van der Waals surface area contributed by atoms with Gasteiger partial charge in [-0.1, -0.05) is 0 Å². The number of aryl methyl sites for hydroxylation is 2. The van der Waals surface area contributed by atoms with Crippen LogP contribution in [0.4, 0.5) is 0 Å². The van der Waals surface area contributed by atoms with Crippen LogP contribution in [0.1, 0.15) is 22.8 Å². The maximum Gasteiger partial charge on any atom is 0.188 e. The number of guanidine groups is 1. The Morgan fingerprint density at radius 2 is 2.23 bits per heavy atom. The fourth-order valence-electron chi connectivity index (χ4n) is 1.85. The van der Waals surface area contributed by atoms with Gasteiger partial charge in [0.25, 0.3) is 0 Å². The minimum atomic E-state index is 0.400. The van der Waals surface area contributed by atoms with Crippen LogP contribution in [0.5, 0.6) is 0 Å². The van der Waals surface area contributed by atoms with Gasteiger partial charge in [-0.3, -0.25) is 5.41 Å². The van der Waals surface area contributed by atoms with Gasteiger partial charge in [0.2, 0.25) is 0 Å². The Hall–Kier alpha value is -1.54. The van der Waals surface area contributed by atoms with Crippen molar-refractivity contribution in [2.75, 3.05) is 18.8 Å².